The van der Waals surface area contributed by atoms with Crippen molar-refractivity contribution < 1.29 is 14.8 Å². The van der Waals surface area contributed by atoms with Crippen LogP contribution in [0.2, 0.25) is 0 Å². The van der Waals surface area contributed by atoms with Gasteiger partial charge in [0.15, 0.2) is 0 Å². The van der Waals surface area contributed by atoms with E-state index < -0.39 is 10.8 Å². The molecule has 2 N–H and O–H groups in total. The molecule has 0 heterocycles. The molecular formula is C23H16N2O4S. The fourth-order valence-electron chi connectivity index (χ4n) is 3.07. The highest BCUT2D eigenvalue weighted by Gasteiger charge is 2.18. The SMILES string of the molecule is O=C(Nc1ccccc1Sc1ccccc1[N+](=O)[O-])c1cc2ccccc2cc1O. The standard InChI is InChI=1S/C23H16N2O4S/c26-20-14-16-8-2-1-7-15(16)13-17(20)23(27)24-18-9-3-5-11-21(18)30-22-12-6-4-10-19(22)25(28)29/h1-14,26H,(H,24,27). The summed E-state index contributed by atoms with van der Waals surface area (Å²) >= 11 is 1.19. The third kappa shape index (κ3) is 3.97. The van der Waals surface area contributed by atoms with Crippen molar-refractivity contribution >= 4 is 39.8 Å². The van der Waals surface area contributed by atoms with Gasteiger partial charge in [-0.25, -0.2) is 0 Å². The summed E-state index contributed by atoms with van der Waals surface area (Å²) in [7, 11) is 0. The van der Waals surface area contributed by atoms with Crippen LogP contribution in [0.1, 0.15) is 10.4 Å². The van der Waals surface area contributed by atoms with E-state index in [1.807, 2.05) is 24.3 Å². The summed E-state index contributed by atoms with van der Waals surface area (Å²) in [5.41, 5.74) is 0.646. The highest BCUT2D eigenvalue weighted by molar-refractivity contribution is 7.99. The quantitative estimate of drug-likeness (QED) is 0.314. The third-order valence-corrected chi connectivity index (χ3v) is 5.67. The van der Waals surface area contributed by atoms with Crippen molar-refractivity contribution in [3.63, 3.8) is 0 Å². The van der Waals surface area contributed by atoms with Crippen LogP contribution < -0.4 is 5.32 Å². The number of hydrogen-bond donors (Lipinski definition) is 2. The van der Waals surface area contributed by atoms with Crippen LogP contribution in [0.15, 0.2) is 94.7 Å². The smallest absolute Gasteiger partial charge is 0.283 e. The van der Waals surface area contributed by atoms with Gasteiger partial charge in [-0.3, -0.25) is 14.9 Å². The molecular weight excluding hydrogens is 400 g/mol. The highest BCUT2D eigenvalue weighted by atomic mass is 32.2. The van der Waals surface area contributed by atoms with E-state index >= 15 is 0 Å². The number of nitrogens with one attached hydrogen (secondary N) is 1. The molecule has 0 atom stereocenters. The van der Waals surface area contributed by atoms with Gasteiger partial charge in [-0.2, -0.15) is 0 Å². The van der Waals surface area contributed by atoms with Crippen LogP contribution in [0.25, 0.3) is 10.8 Å². The first kappa shape index (κ1) is 19.5. The molecule has 1 amide bonds. The summed E-state index contributed by atoms with van der Waals surface area (Å²) in [6, 6.07) is 24.1. The zero-order chi connectivity index (χ0) is 21.1. The minimum atomic E-state index is -0.464. The first-order valence-electron chi connectivity index (χ1n) is 9.06. The second-order valence-corrected chi connectivity index (χ2v) is 7.58. The fraction of sp³-hybridized carbons (Fsp3) is 0. The topological polar surface area (TPSA) is 92.5 Å². The predicted molar refractivity (Wildman–Crippen MR) is 117 cm³/mol. The first-order valence-corrected chi connectivity index (χ1v) is 9.88. The van der Waals surface area contributed by atoms with E-state index in [0.29, 0.717) is 15.5 Å². The molecule has 6 nitrogen and oxygen atoms in total. The third-order valence-electron chi connectivity index (χ3n) is 4.53. The summed E-state index contributed by atoms with van der Waals surface area (Å²) < 4.78 is 0. The fourth-order valence-corrected chi connectivity index (χ4v) is 4.08. The summed E-state index contributed by atoms with van der Waals surface area (Å²) in [5.74, 6) is -0.580. The van der Waals surface area contributed by atoms with Crippen LogP contribution in [0.3, 0.4) is 0 Å². The second-order valence-electron chi connectivity index (χ2n) is 6.49. The Hall–Kier alpha value is -3.84. The molecule has 0 radical (unpaired) electrons. The molecule has 0 saturated heterocycles. The number of amides is 1. The van der Waals surface area contributed by atoms with Crippen molar-refractivity contribution in [3.05, 3.63) is 101 Å². The van der Waals surface area contributed by atoms with Crippen LogP contribution in [0, 0.1) is 10.1 Å². The molecule has 4 aromatic carbocycles. The van der Waals surface area contributed by atoms with Crippen molar-refractivity contribution in [1.82, 2.24) is 0 Å². The lowest BCUT2D eigenvalue weighted by atomic mass is 10.1. The number of rotatable bonds is 5. The molecule has 0 aliphatic heterocycles. The number of anilines is 1. The number of carbonyl (C=O) groups excluding carboxylic acids is 1. The van der Waals surface area contributed by atoms with Crippen molar-refractivity contribution in [3.8, 4) is 5.75 Å². The van der Waals surface area contributed by atoms with Crippen molar-refractivity contribution in [2.45, 2.75) is 9.79 Å². The van der Waals surface area contributed by atoms with Crippen LogP contribution in [-0.2, 0) is 0 Å². The molecule has 30 heavy (non-hydrogen) atoms. The lowest BCUT2D eigenvalue weighted by Gasteiger charge is -2.12. The van der Waals surface area contributed by atoms with E-state index in [0.717, 1.165) is 10.8 Å². The molecule has 0 spiro atoms. The summed E-state index contributed by atoms with van der Waals surface area (Å²) in [5, 5.41) is 26.1. The maximum atomic E-state index is 12.9. The monoisotopic (exact) mass is 416 g/mol. The zero-order valence-corrected chi connectivity index (χ0v) is 16.4. The van der Waals surface area contributed by atoms with Gasteiger partial charge in [0.2, 0.25) is 0 Å². The van der Waals surface area contributed by atoms with Gasteiger partial charge in [-0.15, -0.1) is 0 Å². The van der Waals surface area contributed by atoms with Crippen molar-refractivity contribution in [2.24, 2.45) is 0 Å². The number of fused-ring (bicyclic) bond motifs is 1. The van der Waals surface area contributed by atoms with E-state index in [-0.39, 0.29) is 17.0 Å². The Bertz CT molecular complexity index is 1270. The number of benzene rings is 4. The number of nitrogens with zero attached hydrogens (tertiary/aromatic N) is 1. The first-order chi connectivity index (χ1) is 14.5. The van der Waals surface area contributed by atoms with Crippen molar-refractivity contribution in [2.75, 3.05) is 5.32 Å². The Labute approximate surface area is 176 Å². The Morgan fingerprint density at radius 3 is 2.20 bits per heavy atom. The highest BCUT2D eigenvalue weighted by Crippen LogP contribution is 2.38. The number of phenolic OH excluding ortho intramolecular Hbond substituents is 1. The molecule has 0 saturated carbocycles. The largest absolute Gasteiger partial charge is 0.507 e. The molecule has 148 valence electrons. The van der Waals surface area contributed by atoms with Gasteiger partial charge in [-0.05, 0) is 41.1 Å². The zero-order valence-electron chi connectivity index (χ0n) is 15.6. The van der Waals surface area contributed by atoms with E-state index in [1.54, 1.807) is 54.6 Å². The molecule has 7 heteroatoms. The maximum absolute atomic E-state index is 12.9. The Balaban J connectivity index is 1.65. The number of para-hydroxylation sites is 2. The van der Waals surface area contributed by atoms with Gasteiger partial charge in [0.05, 0.1) is 21.1 Å². The number of hydrogen-bond acceptors (Lipinski definition) is 5. The van der Waals surface area contributed by atoms with Crippen LogP contribution in [-0.4, -0.2) is 15.9 Å². The molecule has 4 aromatic rings. The number of aromatic hydroxyl groups is 1. The summed E-state index contributed by atoms with van der Waals surface area (Å²) in [6.07, 6.45) is 0. The average Bonchev–Trinajstić information content (AvgIpc) is 2.74. The number of phenols is 1. The molecule has 0 unspecified atom stereocenters. The Morgan fingerprint density at radius 2 is 1.47 bits per heavy atom. The van der Waals surface area contributed by atoms with E-state index in [9.17, 15) is 20.0 Å². The molecule has 0 aliphatic carbocycles. The van der Waals surface area contributed by atoms with E-state index in [4.69, 9.17) is 0 Å². The maximum Gasteiger partial charge on any atom is 0.283 e. The van der Waals surface area contributed by atoms with Crippen LogP contribution >= 0.6 is 11.8 Å². The number of carbonyl (C=O) groups is 1. The van der Waals surface area contributed by atoms with Gasteiger partial charge in [0, 0.05) is 11.0 Å². The second kappa shape index (κ2) is 8.26. The van der Waals surface area contributed by atoms with Gasteiger partial charge in [0.25, 0.3) is 11.6 Å². The minimum Gasteiger partial charge on any atom is -0.507 e. The van der Waals surface area contributed by atoms with Crippen molar-refractivity contribution in [1.29, 1.82) is 0 Å². The van der Waals surface area contributed by atoms with Gasteiger partial charge in [-0.1, -0.05) is 60.3 Å². The lowest BCUT2D eigenvalue weighted by molar-refractivity contribution is -0.387. The normalized spacial score (nSPS) is 10.7. The predicted octanol–water partition coefficient (Wildman–Crippen LogP) is 5.86. The molecule has 4 rings (SSSR count). The molecule has 0 aromatic heterocycles. The Morgan fingerprint density at radius 1 is 0.867 bits per heavy atom. The van der Waals surface area contributed by atoms with Gasteiger partial charge in [0.1, 0.15) is 5.75 Å². The summed E-state index contributed by atoms with van der Waals surface area (Å²) in [4.78, 5) is 24.9. The van der Waals surface area contributed by atoms with E-state index in [1.165, 1.54) is 17.8 Å². The van der Waals surface area contributed by atoms with Crippen LogP contribution in [0.4, 0.5) is 11.4 Å². The number of nitro groups is 1. The summed E-state index contributed by atoms with van der Waals surface area (Å²) in [6.45, 7) is 0. The van der Waals surface area contributed by atoms with Crippen LogP contribution in [0.5, 0.6) is 5.75 Å². The molecule has 0 fully saturated rings. The minimum absolute atomic E-state index is 0.00389. The van der Waals surface area contributed by atoms with Gasteiger partial charge >= 0.3 is 0 Å². The van der Waals surface area contributed by atoms with E-state index in [2.05, 4.69) is 5.32 Å². The molecule has 0 bridgehead atoms. The Kier molecular flexibility index (Phi) is 5.36. The molecule has 0 aliphatic rings. The van der Waals surface area contributed by atoms with Gasteiger partial charge < -0.3 is 10.4 Å². The lowest BCUT2D eigenvalue weighted by Crippen LogP contribution is -2.12. The number of nitro benzene ring substituents is 1. The average molecular weight is 416 g/mol.